The van der Waals surface area contributed by atoms with Crippen LogP contribution in [0.2, 0.25) is 0 Å². The number of hydrogen-bond acceptors (Lipinski definition) is 3. The molecule has 1 aromatic heterocycles. The zero-order valence-electron chi connectivity index (χ0n) is 8.78. The summed E-state index contributed by atoms with van der Waals surface area (Å²) >= 11 is 0. The van der Waals surface area contributed by atoms with Crippen molar-refractivity contribution in [3.8, 4) is 5.75 Å². The molecule has 4 nitrogen and oxygen atoms in total. The van der Waals surface area contributed by atoms with E-state index in [1.165, 1.54) is 0 Å². The lowest BCUT2D eigenvalue weighted by atomic mass is 10.1. The van der Waals surface area contributed by atoms with Crippen LogP contribution in [-0.4, -0.2) is 10.1 Å². The Morgan fingerprint density at radius 3 is 2.75 bits per heavy atom. The smallest absolute Gasteiger partial charge is 0.290 e. The fraction of sp³-hybridized carbons (Fsp3) is 0.167. The van der Waals surface area contributed by atoms with E-state index < -0.39 is 11.3 Å². The zero-order chi connectivity index (χ0) is 11.7. The summed E-state index contributed by atoms with van der Waals surface area (Å²) in [4.78, 5) is 25.7. The van der Waals surface area contributed by atoms with Crippen molar-refractivity contribution in [1.29, 1.82) is 0 Å². The maximum Gasteiger partial charge on any atom is 0.290 e. The molecule has 0 atom stereocenters. The predicted molar refractivity (Wildman–Crippen MR) is 61.9 cm³/mol. The number of nitrogens with one attached hydrogen (secondary N) is 1. The minimum absolute atomic E-state index is 0.344. The Hall–Kier alpha value is -2.10. The van der Waals surface area contributed by atoms with Crippen molar-refractivity contribution >= 4 is 10.9 Å². The van der Waals surface area contributed by atoms with E-state index >= 15 is 0 Å². The Morgan fingerprint density at radius 2 is 2.06 bits per heavy atom. The Kier molecular flexibility index (Phi) is 2.48. The lowest BCUT2D eigenvalue weighted by Gasteiger charge is -1.98. The minimum Gasteiger partial charge on any atom is -0.503 e. The first kappa shape index (κ1) is 10.4. The quantitative estimate of drug-likeness (QED) is 0.752. The first-order valence-corrected chi connectivity index (χ1v) is 5.01. The molecule has 0 aliphatic rings. The van der Waals surface area contributed by atoms with Crippen molar-refractivity contribution in [3.63, 3.8) is 0 Å². The summed E-state index contributed by atoms with van der Waals surface area (Å²) in [6.07, 6.45) is 0.694. The Bertz CT molecular complexity index is 658. The van der Waals surface area contributed by atoms with Gasteiger partial charge in [-0.05, 0) is 18.1 Å². The number of aryl methyl sites for hydroxylation is 1. The number of aromatic nitrogens is 1. The number of rotatable bonds is 1. The fourth-order valence-electron chi connectivity index (χ4n) is 1.74. The molecule has 0 fully saturated rings. The van der Waals surface area contributed by atoms with Crippen molar-refractivity contribution in [3.05, 3.63) is 50.4 Å². The molecule has 0 saturated carbocycles. The normalized spacial score (nSPS) is 10.6. The number of aromatic amines is 1. The summed E-state index contributed by atoms with van der Waals surface area (Å²) in [6, 6.07) is 6.21. The van der Waals surface area contributed by atoms with Crippen LogP contribution in [0, 0.1) is 0 Å². The number of benzene rings is 1. The van der Waals surface area contributed by atoms with Crippen LogP contribution >= 0.6 is 0 Å². The molecule has 1 heterocycles. The standard InChI is InChI=1S/C12H11NO3/c1-2-7-4-3-5-8-11(7)9(14)6-10(15)12(16)13-8/h3-6,15H,2H2,1H3,(H,13,16). The number of hydrogen-bond donors (Lipinski definition) is 2. The van der Waals surface area contributed by atoms with Gasteiger partial charge < -0.3 is 10.1 Å². The van der Waals surface area contributed by atoms with Crippen LogP contribution in [0.3, 0.4) is 0 Å². The molecule has 2 rings (SSSR count). The summed E-state index contributed by atoms with van der Waals surface area (Å²) in [6.45, 7) is 1.93. The molecule has 0 aliphatic carbocycles. The lowest BCUT2D eigenvalue weighted by molar-refractivity contribution is 0.468. The third kappa shape index (κ3) is 1.58. The van der Waals surface area contributed by atoms with Gasteiger partial charge in [-0.25, -0.2) is 0 Å². The molecule has 0 saturated heterocycles. The molecule has 0 aliphatic heterocycles. The summed E-state index contributed by atoms with van der Waals surface area (Å²) < 4.78 is 0. The molecule has 4 heteroatoms. The average Bonchev–Trinajstić information content (AvgIpc) is 2.37. The molecule has 16 heavy (non-hydrogen) atoms. The van der Waals surface area contributed by atoms with Crippen LogP contribution in [0.5, 0.6) is 5.75 Å². The van der Waals surface area contributed by atoms with E-state index in [-0.39, 0.29) is 5.43 Å². The highest BCUT2D eigenvalue weighted by atomic mass is 16.3. The third-order valence-electron chi connectivity index (χ3n) is 2.53. The van der Waals surface area contributed by atoms with Gasteiger partial charge in [-0.15, -0.1) is 0 Å². The van der Waals surface area contributed by atoms with Gasteiger partial charge in [0.2, 0.25) is 0 Å². The zero-order valence-corrected chi connectivity index (χ0v) is 8.78. The lowest BCUT2D eigenvalue weighted by Crippen LogP contribution is -2.00. The van der Waals surface area contributed by atoms with Gasteiger partial charge in [0.1, 0.15) is 0 Å². The van der Waals surface area contributed by atoms with E-state index in [0.717, 1.165) is 11.6 Å². The van der Waals surface area contributed by atoms with Crippen molar-refractivity contribution < 1.29 is 5.11 Å². The van der Waals surface area contributed by atoms with Crippen LogP contribution in [-0.2, 0) is 6.42 Å². The van der Waals surface area contributed by atoms with E-state index in [1.807, 2.05) is 13.0 Å². The first-order valence-electron chi connectivity index (χ1n) is 5.01. The Morgan fingerprint density at radius 1 is 1.31 bits per heavy atom. The van der Waals surface area contributed by atoms with E-state index in [2.05, 4.69) is 4.98 Å². The highest BCUT2D eigenvalue weighted by molar-refractivity contribution is 5.81. The van der Waals surface area contributed by atoms with Crippen molar-refractivity contribution in [2.24, 2.45) is 0 Å². The summed E-state index contributed by atoms with van der Waals surface area (Å²) in [5.74, 6) is -0.553. The Balaban J connectivity index is 3.10. The molecule has 0 radical (unpaired) electrons. The summed E-state index contributed by atoms with van der Waals surface area (Å²) in [5, 5.41) is 9.75. The van der Waals surface area contributed by atoms with Crippen molar-refractivity contribution in [2.75, 3.05) is 0 Å². The summed E-state index contributed by atoms with van der Waals surface area (Å²) in [7, 11) is 0. The van der Waals surface area contributed by atoms with Gasteiger partial charge in [0.15, 0.2) is 11.2 Å². The van der Waals surface area contributed by atoms with Gasteiger partial charge in [-0.1, -0.05) is 19.1 Å². The molecule has 0 bridgehead atoms. The number of H-pyrrole nitrogens is 1. The van der Waals surface area contributed by atoms with E-state index in [1.54, 1.807) is 12.1 Å². The number of fused-ring (bicyclic) bond motifs is 1. The monoisotopic (exact) mass is 217 g/mol. The molecule has 2 N–H and O–H groups in total. The molecule has 0 unspecified atom stereocenters. The van der Waals surface area contributed by atoms with Gasteiger partial charge >= 0.3 is 0 Å². The van der Waals surface area contributed by atoms with Gasteiger partial charge in [0.05, 0.1) is 5.52 Å². The largest absolute Gasteiger partial charge is 0.503 e. The van der Waals surface area contributed by atoms with Gasteiger partial charge in [0.25, 0.3) is 5.56 Å². The van der Waals surface area contributed by atoms with E-state index in [4.69, 9.17) is 0 Å². The molecule has 1 aromatic carbocycles. The van der Waals surface area contributed by atoms with Crippen LogP contribution < -0.4 is 11.0 Å². The second-order valence-electron chi connectivity index (χ2n) is 3.54. The van der Waals surface area contributed by atoms with Crippen molar-refractivity contribution in [2.45, 2.75) is 13.3 Å². The first-order chi connectivity index (χ1) is 7.63. The van der Waals surface area contributed by atoms with Gasteiger partial charge in [-0.3, -0.25) is 9.59 Å². The highest BCUT2D eigenvalue weighted by Crippen LogP contribution is 2.12. The van der Waals surface area contributed by atoms with Crippen molar-refractivity contribution in [1.82, 2.24) is 4.98 Å². The van der Waals surface area contributed by atoms with Crippen LogP contribution in [0.4, 0.5) is 0 Å². The van der Waals surface area contributed by atoms with E-state index in [9.17, 15) is 14.7 Å². The maximum absolute atomic E-state index is 11.8. The molecule has 0 spiro atoms. The summed E-state index contributed by atoms with van der Waals surface area (Å²) in [5.41, 5.74) is 0.312. The fourth-order valence-corrected chi connectivity index (χ4v) is 1.74. The topological polar surface area (TPSA) is 70.2 Å². The third-order valence-corrected chi connectivity index (χ3v) is 2.53. The maximum atomic E-state index is 11.8. The van der Waals surface area contributed by atoms with Crippen LogP contribution in [0.15, 0.2) is 33.9 Å². The molecular weight excluding hydrogens is 206 g/mol. The van der Waals surface area contributed by atoms with E-state index in [0.29, 0.717) is 17.3 Å². The molecule has 2 aromatic rings. The highest BCUT2D eigenvalue weighted by Gasteiger charge is 2.05. The molecule has 82 valence electrons. The SMILES string of the molecule is CCc1cccc2[nH]c(=O)c(O)cc(=O)c12. The van der Waals surface area contributed by atoms with Crippen LogP contribution in [0.25, 0.3) is 10.9 Å². The molecule has 0 amide bonds. The molecular formula is C12H11NO3. The minimum atomic E-state index is -0.652. The van der Waals surface area contributed by atoms with Crippen LogP contribution in [0.1, 0.15) is 12.5 Å². The Labute approximate surface area is 91.2 Å². The second-order valence-corrected chi connectivity index (χ2v) is 3.54. The number of aromatic hydroxyl groups is 1. The van der Waals surface area contributed by atoms with Gasteiger partial charge in [0, 0.05) is 11.5 Å². The van der Waals surface area contributed by atoms with Gasteiger partial charge in [-0.2, -0.15) is 0 Å². The average molecular weight is 217 g/mol. The predicted octanol–water partition coefficient (Wildman–Crippen LogP) is 1.16. The second kappa shape index (κ2) is 3.81.